The number of hydrogen-bond donors (Lipinski definition) is 5. The summed E-state index contributed by atoms with van der Waals surface area (Å²) < 4.78 is 10.8. The second-order valence-corrected chi connectivity index (χ2v) is 3.48. The Morgan fingerprint density at radius 2 is 1.76 bits per heavy atom. The Labute approximate surface area is 97.9 Å². The zero-order valence-electron chi connectivity index (χ0n) is 9.19. The van der Waals surface area contributed by atoms with Crippen LogP contribution in [0.2, 0.25) is 0 Å². The van der Waals surface area contributed by atoms with Crippen molar-refractivity contribution in [3.63, 3.8) is 0 Å². The van der Waals surface area contributed by atoms with E-state index in [0.717, 1.165) is 11.4 Å². The Morgan fingerprint density at radius 3 is 2.47 bits per heavy atom. The van der Waals surface area contributed by atoms with Gasteiger partial charge in [0.2, 0.25) is 0 Å². The van der Waals surface area contributed by atoms with Gasteiger partial charge < -0.3 is 9.47 Å². The van der Waals surface area contributed by atoms with Crippen LogP contribution in [0.3, 0.4) is 0 Å². The van der Waals surface area contributed by atoms with Gasteiger partial charge in [0, 0.05) is 6.07 Å². The van der Waals surface area contributed by atoms with Crippen LogP contribution in [-0.2, 0) is 0 Å². The summed E-state index contributed by atoms with van der Waals surface area (Å²) in [5, 5.41) is 0. The van der Waals surface area contributed by atoms with Crippen molar-refractivity contribution < 1.29 is 19.5 Å². The monoisotopic (exact) mass is 237 g/mol. The van der Waals surface area contributed by atoms with Gasteiger partial charge in [0.05, 0.1) is 0 Å². The highest BCUT2D eigenvalue weighted by atomic mass is 16.6. The standard InChI is InChI=1S/C10H13N5O2/c11-9(12)15-10(13)14-6-1-2-7-8(5-6)17-4-3-16-7/h1-2,5H,3-4H2,(H6,11,12,13,14,15)/p+2. The molecule has 7 nitrogen and oxygen atoms in total. The van der Waals surface area contributed by atoms with Gasteiger partial charge in [-0.1, -0.05) is 0 Å². The molecule has 17 heavy (non-hydrogen) atoms. The summed E-state index contributed by atoms with van der Waals surface area (Å²) in [6, 6.07) is 5.41. The van der Waals surface area contributed by atoms with Crippen LogP contribution in [-0.4, -0.2) is 25.1 Å². The van der Waals surface area contributed by atoms with Crippen molar-refractivity contribution in [1.29, 1.82) is 0 Å². The number of rotatable bonds is 1. The average molecular weight is 237 g/mol. The topological polar surface area (TPSA) is 124 Å². The number of fused-ring (bicyclic) bond motifs is 1. The number of guanidine groups is 2. The summed E-state index contributed by atoms with van der Waals surface area (Å²) in [6.45, 7) is 1.10. The fraction of sp³-hybridized carbons (Fsp3) is 0.200. The molecule has 90 valence electrons. The lowest BCUT2D eigenvalue weighted by atomic mass is 10.2. The number of ether oxygens (including phenoxy) is 2. The molecule has 0 aliphatic carbocycles. The molecule has 1 aromatic carbocycles. The summed E-state index contributed by atoms with van der Waals surface area (Å²) in [6.07, 6.45) is 0. The van der Waals surface area contributed by atoms with Crippen molar-refractivity contribution >= 4 is 17.6 Å². The molecule has 0 saturated carbocycles. The molecule has 0 unspecified atom stereocenters. The maximum Gasteiger partial charge on any atom is 0.390 e. The third kappa shape index (κ3) is 2.77. The van der Waals surface area contributed by atoms with Crippen LogP contribution >= 0.6 is 0 Å². The van der Waals surface area contributed by atoms with E-state index in [1.165, 1.54) is 0 Å². The first-order chi connectivity index (χ1) is 8.15. The van der Waals surface area contributed by atoms with Crippen LogP contribution < -0.4 is 36.7 Å². The van der Waals surface area contributed by atoms with Gasteiger partial charge >= 0.3 is 11.9 Å². The maximum atomic E-state index is 5.62. The first kappa shape index (κ1) is 11.1. The summed E-state index contributed by atoms with van der Waals surface area (Å²) in [4.78, 5) is 5.45. The Hall–Kier alpha value is -2.44. The highest BCUT2D eigenvalue weighted by Gasteiger charge is 2.12. The van der Waals surface area contributed by atoms with Crippen molar-refractivity contribution in [3.05, 3.63) is 18.2 Å². The third-order valence-electron chi connectivity index (χ3n) is 2.10. The van der Waals surface area contributed by atoms with Gasteiger partial charge in [-0.05, 0) is 12.1 Å². The van der Waals surface area contributed by atoms with Crippen LogP contribution in [0.25, 0.3) is 0 Å². The fourth-order valence-electron chi connectivity index (χ4n) is 1.46. The molecule has 0 atom stereocenters. The van der Waals surface area contributed by atoms with Gasteiger partial charge in [0.25, 0.3) is 0 Å². The predicted molar refractivity (Wildman–Crippen MR) is 61.6 cm³/mol. The van der Waals surface area contributed by atoms with Crippen molar-refractivity contribution in [1.82, 2.24) is 0 Å². The first-order valence-electron chi connectivity index (χ1n) is 5.09. The molecule has 0 aromatic heterocycles. The van der Waals surface area contributed by atoms with E-state index >= 15 is 0 Å². The van der Waals surface area contributed by atoms with Crippen LogP contribution in [0.5, 0.6) is 11.5 Å². The minimum Gasteiger partial charge on any atom is -0.486 e. The van der Waals surface area contributed by atoms with E-state index in [-0.39, 0.29) is 11.9 Å². The van der Waals surface area contributed by atoms with Crippen molar-refractivity contribution in [2.75, 3.05) is 13.2 Å². The number of nitrogens with one attached hydrogen (secondary N) is 2. The fourth-order valence-corrected chi connectivity index (χ4v) is 1.46. The first-order valence-corrected chi connectivity index (χ1v) is 5.09. The van der Waals surface area contributed by atoms with Gasteiger partial charge in [-0.25, -0.2) is 4.99 Å². The van der Waals surface area contributed by atoms with Gasteiger partial charge in [-0.15, -0.1) is 0 Å². The molecule has 1 aromatic rings. The molecule has 0 fully saturated rings. The van der Waals surface area contributed by atoms with E-state index in [0.29, 0.717) is 19.0 Å². The smallest absolute Gasteiger partial charge is 0.390 e. The predicted octanol–water partition coefficient (Wildman–Crippen LogP) is -4.16. The van der Waals surface area contributed by atoms with Gasteiger partial charge in [0.15, 0.2) is 11.5 Å². The molecule has 8 N–H and O–H groups in total. The van der Waals surface area contributed by atoms with E-state index in [1.54, 1.807) is 12.1 Å². The van der Waals surface area contributed by atoms with E-state index in [4.69, 9.17) is 26.7 Å². The van der Waals surface area contributed by atoms with E-state index in [2.05, 4.69) is 9.98 Å². The zero-order chi connectivity index (χ0) is 12.3. The summed E-state index contributed by atoms with van der Waals surface area (Å²) in [5.41, 5.74) is 16.9. The van der Waals surface area contributed by atoms with E-state index < -0.39 is 0 Å². The Balaban J connectivity index is 2.25. The lowest BCUT2D eigenvalue weighted by molar-refractivity contribution is -0.459. The molecule has 0 bridgehead atoms. The lowest BCUT2D eigenvalue weighted by Gasteiger charge is -2.17. The second kappa shape index (κ2) is 4.60. The zero-order valence-corrected chi connectivity index (χ0v) is 9.19. The highest BCUT2D eigenvalue weighted by Crippen LogP contribution is 2.30. The molecule has 1 aliphatic rings. The molecule has 0 saturated heterocycles. The van der Waals surface area contributed by atoms with Crippen LogP contribution in [0.1, 0.15) is 0 Å². The molecule has 1 heterocycles. The molecular formula is C10H15N5O2+2. The number of nitrogens with two attached hydrogens (primary N) is 3. The Morgan fingerprint density at radius 1 is 1.06 bits per heavy atom. The molecule has 0 amide bonds. The molecule has 7 heteroatoms. The van der Waals surface area contributed by atoms with Gasteiger partial charge in [0.1, 0.15) is 18.9 Å². The molecule has 2 rings (SSSR count). The average Bonchev–Trinajstić information content (AvgIpc) is 2.27. The number of benzene rings is 1. The Kier molecular flexibility index (Phi) is 2.99. The van der Waals surface area contributed by atoms with E-state index in [9.17, 15) is 0 Å². The molecule has 1 aliphatic heterocycles. The second-order valence-electron chi connectivity index (χ2n) is 3.48. The van der Waals surface area contributed by atoms with Crippen LogP contribution in [0.4, 0.5) is 5.69 Å². The summed E-state index contributed by atoms with van der Waals surface area (Å²) in [7, 11) is 0. The Bertz CT molecular complexity index is 480. The molecular weight excluding hydrogens is 222 g/mol. The summed E-state index contributed by atoms with van der Waals surface area (Å²) >= 11 is 0. The van der Waals surface area contributed by atoms with Gasteiger partial charge in [-0.2, -0.15) is 4.99 Å². The molecule has 0 radical (unpaired) electrons. The number of hydrogen-bond acceptors (Lipinski definition) is 2. The van der Waals surface area contributed by atoms with Crippen LogP contribution in [0.15, 0.2) is 18.2 Å². The normalized spacial score (nSPS) is 14.2. The van der Waals surface area contributed by atoms with E-state index in [1.807, 2.05) is 6.07 Å². The summed E-state index contributed by atoms with van der Waals surface area (Å²) in [5.74, 6) is 1.66. The third-order valence-corrected chi connectivity index (χ3v) is 2.10. The van der Waals surface area contributed by atoms with Crippen molar-refractivity contribution in [3.8, 4) is 11.5 Å². The minimum atomic E-state index is 0.0209. The highest BCUT2D eigenvalue weighted by molar-refractivity contribution is 5.76. The van der Waals surface area contributed by atoms with Gasteiger partial charge in [-0.3, -0.25) is 17.2 Å². The van der Waals surface area contributed by atoms with Crippen molar-refractivity contribution in [2.45, 2.75) is 0 Å². The maximum absolute atomic E-state index is 5.62. The molecule has 0 spiro atoms. The lowest BCUT2D eigenvalue weighted by Crippen LogP contribution is -2.96. The largest absolute Gasteiger partial charge is 0.486 e. The van der Waals surface area contributed by atoms with Crippen molar-refractivity contribution in [2.24, 2.45) is 17.2 Å². The SMILES string of the molecule is NC(N)=[NH+]C(N)=[NH+]c1ccc2c(c1)OCCO2. The quantitative estimate of drug-likeness (QED) is 0.250. The van der Waals surface area contributed by atoms with Crippen LogP contribution in [0, 0.1) is 0 Å². The minimum absolute atomic E-state index is 0.0209.